The molecule has 44 heavy (non-hydrogen) atoms. The molecule has 0 radical (unpaired) electrons. The zero-order valence-electron chi connectivity index (χ0n) is 23.9. The Labute approximate surface area is 254 Å². The largest absolute Gasteiger partial charge is 0.508 e. The fraction of sp³-hybridized carbons (Fsp3) is 0.129. The third-order valence-electron chi connectivity index (χ3n) is 6.31. The van der Waals surface area contributed by atoms with E-state index in [1.165, 1.54) is 37.4 Å². The highest BCUT2D eigenvalue weighted by Crippen LogP contribution is 2.31. The number of fused-ring (bicyclic) bond motifs is 1. The van der Waals surface area contributed by atoms with Crippen LogP contribution in [-0.4, -0.2) is 43.1 Å². The lowest BCUT2D eigenvalue weighted by Crippen LogP contribution is -2.28. The minimum atomic E-state index is -4.19. The Bertz CT molecular complexity index is 1900. The number of carbonyl (C=O) groups excluding carboxylic acids is 1. The highest BCUT2D eigenvalue weighted by atomic mass is 32.2. The Balaban J connectivity index is 1.30. The molecule has 0 unspecified atom stereocenters. The van der Waals surface area contributed by atoms with Crippen LogP contribution in [0.15, 0.2) is 95.9 Å². The van der Waals surface area contributed by atoms with E-state index in [0.29, 0.717) is 22.5 Å². The van der Waals surface area contributed by atoms with E-state index in [-0.39, 0.29) is 41.1 Å². The fourth-order valence-corrected chi connectivity index (χ4v) is 5.19. The van der Waals surface area contributed by atoms with Gasteiger partial charge < -0.3 is 20.5 Å². The minimum absolute atomic E-state index is 0.0605. The molecule has 0 bridgehead atoms. The molecule has 0 aliphatic carbocycles. The van der Waals surface area contributed by atoms with Gasteiger partial charge in [0.1, 0.15) is 18.0 Å². The highest BCUT2D eigenvalue weighted by Gasteiger charge is 2.20. The van der Waals surface area contributed by atoms with Crippen molar-refractivity contribution in [1.29, 1.82) is 0 Å². The molecule has 1 aromatic heterocycles. The average Bonchev–Trinajstić information content (AvgIpc) is 3.00. The van der Waals surface area contributed by atoms with Gasteiger partial charge in [0, 0.05) is 29.6 Å². The van der Waals surface area contributed by atoms with Gasteiger partial charge in [-0.1, -0.05) is 48.0 Å². The monoisotopic (exact) mass is 614 g/mol. The number of methoxy groups -OCH3 is 1. The second-order valence-corrected chi connectivity index (χ2v) is 11.4. The van der Waals surface area contributed by atoms with Crippen LogP contribution in [0.2, 0.25) is 0 Å². The van der Waals surface area contributed by atoms with Crippen LogP contribution in [-0.2, 0) is 26.3 Å². The van der Waals surface area contributed by atoms with Crippen molar-refractivity contribution in [2.75, 3.05) is 29.0 Å². The van der Waals surface area contributed by atoms with Gasteiger partial charge in [-0.15, -0.1) is 0 Å². The van der Waals surface area contributed by atoms with Gasteiger partial charge in [0.15, 0.2) is 11.6 Å². The number of phenols is 1. The summed E-state index contributed by atoms with van der Waals surface area (Å²) in [7, 11) is -2.73. The van der Waals surface area contributed by atoms with Gasteiger partial charge in [-0.25, -0.2) is 18.4 Å². The standard InChI is InChI=1S/C31H30N6O6S/c1-20-10-12-21(13-11-20)19-43-32-18-29(39)33-22-6-5-7-26(16-22)44(40,41)37-31-30(35-27-8-3-4-9-28(27)36-31)34-23-14-24(38)17-25(15-23)42-2/h3-17,32,38H,18-19H2,1-2H3,(H,33,39)(H,34,35)(H,36,37). The van der Waals surface area contributed by atoms with E-state index in [9.17, 15) is 18.3 Å². The molecule has 12 nitrogen and oxygen atoms in total. The molecule has 5 aromatic rings. The lowest BCUT2D eigenvalue weighted by molar-refractivity contribution is -0.118. The van der Waals surface area contributed by atoms with E-state index in [0.717, 1.165) is 11.1 Å². The van der Waals surface area contributed by atoms with Crippen molar-refractivity contribution >= 4 is 50.0 Å². The summed E-state index contributed by atoms with van der Waals surface area (Å²) in [5, 5.41) is 15.7. The zero-order chi connectivity index (χ0) is 31.1. The average molecular weight is 615 g/mol. The number of phenolic OH excluding ortho intramolecular Hbond substituents is 1. The molecule has 13 heteroatoms. The van der Waals surface area contributed by atoms with Gasteiger partial charge >= 0.3 is 0 Å². The van der Waals surface area contributed by atoms with E-state index in [4.69, 9.17) is 9.57 Å². The van der Waals surface area contributed by atoms with Crippen molar-refractivity contribution in [3.8, 4) is 11.5 Å². The van der Waals surface area contributed by atoms with E-state index < -0.39 is 15.9 Å². The van der Waals surface area contributed by atoms with Crippen LogP contribution in [0.1, 0.15) is 11.1 Å². The van der Waals surface area contributed by atoms with E-state index in [1.54, 1.807) is 36.4 Å². The summed E-state index contributed by atoms with van der Waals surface area (Å²) in [6.45, 7) is 2.12. The minimum Gasteiger partial charge on any atom is -0.508 e. The van der Waals surface area contributed by atoms with Crippen molar-refractivity contribution in [3.63, 3.8) is 0 Å². The van der Waals surface area contributed by atoms with Crippen LogP contribution in [0, 0.1) is 6.92 Å². The topological polar surface area (TPSA) is 164 Å². The SMILES string of the molecule is COc1cc(O)cc(Nc2nc3ccccc3nc2NS(=O)(=O)c2cccc(NC(=O)CNOCc3ccc(C)cc3)c2)c1. The normalized spacial score (nSPS) is 11.2. The molecular formula is C31H30N6O6S. The lowest BCUT2D eigenvalue weighted by atomic mass is 10.2. The Kier molecular flexibility index (Phi) is 9.19. The maximum atomic E-state index is 13.5. The van der Waals surface area contributed by atoms with Gasteiger partial charge in [-0.05, 0) is 42.8 Å². The molecular weight excluding hydrogens is 584 g/mol. The Morgan fingerprint density at radius 2 is 1.59 bits per heavy atom. The van der Waals surface area contributed by atoms with Crippen LogP contribution >= 0.6 is 0 Å². The first kappa shape index (κ1) is 30.2. The Hall–Kier alpha value is -5.24. The number of carbonyl (C=O) groups is 1. The number of hydroxylamine groups is 1. The van der Waals surface area contributed by atoms with E-state index >= 15 is 0 Å². The molecule has 0 saturated carbocycles. The maximum Gasteiger partial charge on any atom is 0.263 e. The number of aromatic nitrogens is 2. The zero-order valence-corrected chi connectivity index (χ0v) is 24.7. The second kappa shape index (κ2) is 13.4. The number of ether oxygens (including phenoxy) is 1. The van der Waals surface area contributed by atoms with E-state index in [1.807, 2.05) is 31.2 Å². The molecule has 0 saturated heterocycles. The number of amides is 1. The summed E-state index contributed by atoms with van der Waals surface area (Å²) in [4.78, 5) is 26.7. The van der Waals surface area contributed by atoms with Crippen LogP contribution in [0.5, 0.6) is 11.5 Å². The van der Waals surface area contributed by atoms with Gasteiger partial charge in [-0.2, -0.15) is 5.48 Å². The third-order valence-corrected chi connectivity index (χ3v) is 7.65. The number of nitrogens with one attached hydrogen (secondary N) is 4. The van der Waals surface area contributed by atoms with Gasteiger partial charge in [0.25, 0.3) is 10.0 Å². The molecule has 0 atom stereocenters. The van der Waals surface area contributed by atoms with Crippen LogP contribution < -0.4 is 25.6 Å². The number of hydrogen-bond donors (Lipinski definition) is 5. The molecule has 0 aliphatic heterocycles. The van der Waals surface area contributed by atoms with Gasteiger partial charge in [0.05, 0.1) is 29.6 Å². The van der Waals surface area contributed by atoms with Crippen LogP contribution in [0.4, 0.5) is 23.0 Å². The Morgan fingerprint density at radius 3 is 2.32 bits per heavy atom. The summed E-state index contributed by atoms with van der Waals surface area (Å²) in [5.41, 5.74) is 6.34. The molecule has 1 heterocycles. The van der Waals surface area contributed by atoms with Crippen molar-refractivity contribution in [2.24, 2.45) is 0 Å². The maximum absolute atomic E-state index is 13.5. The smallest absolute Gasteiger partial charge is 0.263 e. The summed E-state index contributed by atoms with van der Waals surface area (Å²) in [6, 6.07) is 25.1. The summed E-state index contributed by atoms with van der Waals surface area (Å²) in [5.74, 6) is -0.0776. The lowest BCUT2D eigenvalue weighted by Gasteiger charge is -2.15. The summed E-state index contributed by atoms with van der Waals surface area (Å²) in [6.07, 6.45) is 0. The predicted molar refractivity (Wildman–Crippen MR) is 167 cm³/mol. The molecule has 0 fully saturated rings. The third kappa shape index (κ3) is 7.77. The molecule has 5 N–H and O–H groups in total. The number of para-hydroxylation sites is 2. The quantitative estimate of drug-likeness (QED) is 0.0969. The molecule has 4 aromatic carbocycles. The molecule has 0 aliphatic rings. The van der Waals surface area contributed by atoms with Crippen molar-refractivity contribution in [1.82, 2.24) is 15.4 Å². The molecule has 226 valence electrons. The number of aromatic hydroxyl groups is 1. The number of anilines is 4. The predicted octanol–water partition coefficient (Wildman–Crippen LogP) is 4.86. The number of hydrogen-bond acceptors (Lipinski definition) is 10. The number of benzene rings is 4. The van der Waals surface area contributed by atoms with Gasteiger partial charge in [-0.3, -0.25) is 14.4 Å². The van der Waals surface area contributed by atoms with Crippen LogP contribution in [0.25, 0.3) is 11.0 Å². The first-order valence-corrected chi connectivity index (χ1v) is 14.9. The molecule has 1 amide bonds. The number of rotatable bonds is 12. The second-order valence-electron chi connectivity index (χ2n) is 9.73. The number of sulfonamides is 1. The van der Waals surface area contributed by atoms with Gasteiger partial charge in [0.2, 0.25) is 5.91 Å². The van der Waals surface area contributed by atoms with Crippen molar-refractivity contribution in [2.45, 2.75) is 18.4 Å². The molecule has 0 spiro atoms. The van der Waals surface area contributed by atoms with Crippen LogP contribution in [0.3, 0.4) is 0 Å². The fourth-order valence-electron chi connectivity index (χ4n) is 4.14. The highest BCUT2D eigenvalue weighted by molar-refractivity contribution is 7.92. The number of nitrogens with zero attached hydrogens (tertiary/aromatic N) is 2. The molecule has 5 rings (SSSR count). The van der Waals surface area contributed by atoms with Crippen molar-refractivity contribution in [3.05, 3.63) is 102 Å². The Morgan fingerprint density at radius 1 is 0.864 bits per heavy atom. The number of aryl methyl sites for hydroxylation is 1. The first-order valence-electron chi connectivity index (χ1n) is 13.4. The van der Waals surface area contributed by atoms with Crippen molar-refractivity contribution < 1.29 is 27.9 Å². The first-order chi connectivity index (χ1) is 21.2. The summed E-state index contributed by atoms with van der Waals surface area (Å²) < 4.78 is 34.7. The van der Waals surface area contributed by atoms with E-state index in [2.05, 4.69) is 30.8 Å². The summed E-state index contributed by atoms with van der Waals surface area (Å²) >= 11 is 0.